The van der Waals surface area contributed by atoms with E-state index in [1.54, 1.807) is 4.90 Å². The van der Waals surface area contributed by atoms with Crippen molar-refractivity contribution < 1.29 is 19.1 Å². The molecular formula is C30H33BrN2O4. The van der Waals surface area contributed by atoms with E-state index >= 15 is 0 Å². The minimum atomic E-state index is -0.618. The second-order valence-corrected chi connectivity index (χ2v) is 10.1. The van der Waals surface area contributed by atoms with E-state index in [1.165, 1.54) is 0 Å². The number of rotatable bonds is 12. The molecule has 0 bridgehead atoms. The van der Waals surface area contributed by atoms with E-state index in [2.05, 4.69) is 28.2 Å². The summed E-state index contributed by atoms with van der Waals surface area (Å²) in [4.78, 5) is 29.0. The molecule has 4 rings (SSSR count). The van der Waals surface area contributed by atoms with Gasteiger partial charge in [0.05, 0.1) is 0 Å². The summed E-state index contributed by atoms with van der Waals surface area (Å²) in [6.45, 7) is 3.25. The van der Waals surface area contributed by atoms with Gasteiger partial charge in [-0.25, -0.2) is 0 Å². The molecule has 6 nitrogen and oxygen atoms in total. The number of hydrogen-bond donors (Lipinski definition) is 1. The predicted molar refractivity (Wildman–Crippen MR) is 147 cm³/mol. The molecule has 7 heteroatoms. The van der Waals surface area contributed by atoms with Crippen LogP contribution < -0.4 is 14.8 Å². The fourth-order valence-electron chi connectivity index (χ4n) is 4.34. The predicted octanol–water partition coefficient (Wildman–Crippen LogP) is 5.67. The normalized spacial score (nSPS) is 12.7. The number of benzene rings is 3. The Kier molecular flexibility index (Phi) is 9.60. The highest BCUT2D eigenvalue weighted by Crippen LogP contribution is 2.33. The molecule has 1 atom stereocenters. The maximum atomic E-state index is 13.8. The van der Waals surface area contributed by atoms with E-state index in [0.29, 0.717) is 31.7 Å². The Morgan fingerprint density at radius 3 is 2.43 bits per heavy atom. The lowest BCUT2D eigenvalue weighted by Crippen LogP contribution is -2.50. The SMILES string of the molecule is CCCCNC(=O)[C@H](Cc1ccccc1)N(Cc1ccc(Br)cc1)C(=O)CCc1ccc2c(c1)OCO2. The van der Waals surface area contributed by atoms with Crippen LogP contribution in [0.1, 0.15) is 42.9 Å². The van der Waals surface area contributed by atoms with E-state index in [0.717, 1.165) is 39.8 Å². The number of nitrogens with zero attached hydrogens (tertiary/aromatic N) is 1. The molecule has 1 heterocycles. The topological polar surface area (TPSA) is 67.9 Å². The first-order chi connectivity index (χ1) is 18.0. The lowest BCUT2D eigenvalue weighted by molar-refractivity contribution is -0.141. The van der Waals surface area contributed by atoms with Gasteiger partial charge in [0.1, 0.15) is 6.04 Å². The lowest BCUT2D eigenvalue weighted by Gasteiger charge is -2.31. The molecule has 0 fully saturated rings. The first kappa shape index (κ1) is 26.7. The van der Waals surface area contributed by atoms with Gasteiger partial charge in [0.2, 0.25) is 18.6 Å². The summed E-state index contributed by atoms with van der Waals surface area (Å²) in [6, 6.07) is 22.9. The highest BCUT2D eigenvalue weighted by atomic mass is 79.9. The maximum Gasteiger partial charge on any atom is 0.243 e. The van der Waals surface area contributed by atoms with Crippen molar-refractivity contribution in [1.82, 2.24) is 10.2 Å². The molecule has 1 N–H and O–H groups in total. The van der Waals surface area contributed by atoms with Crippen molar-refractivity contribution in [3.63, 3.8) is 0 Å². The molecule has 0 spiro atoms. The zero-order valence-electron chi connectivity index (χ0n) is 21.1. The molecule has 0 unspecified atom stereocenters. The van der Waals surface area contributed by atoms with Crippen LogP contribution in [0.3, 0.4) is 0 Å². The molecule has 0 aromatic heterocycles. The smallest absolute Gasteiger partial charge is 0.243 e. The van der Waals surface area contributed by atoms with E-state index < -0.39 is 6.04 Å². The van der Waals surface area contributed by atoms with Crippen molar-refractivity contribution >= 4 is 27.7 Å². The summed E-state index contributed by atoms with van der Waals surface area (Å²) in [6.07, 6.45) is 3.16. The minimum Gasteiger partial charge on any atom is -0.454 e. The van der Waals surface area contributed by atoms with Crippen molar-refractivity contribution in [1.29, 1.82) is 0 Å². The van der Waals surface area contributed by atoms with Crippen LogP contribution in [-0.4, -0.2) is 36.1 Å². The van der Waals surface area contributed by atoms with Crippen LogP contribution in [0.2, 0.25) is 0 Å². The molecule has 0 radical (unpaired) electrons. The number of hydrogen-bond acceptors (Lipinski definition) is 4. The van der Waals surface area contributed by atoms with Gasteiger partial charge >= 0.3 is 0 Å². The van der Waals surface area contributed by atoms with Crippen LogP contribution in [0.5, 0.6) is 11.5 Å². The van der Waals surface area contributed by atoms with Gasteiger partial charge in [-0.1, -0.05) is 77.8 Å². The van der Waals surface area contributed by atoms with Crippen molar-refractivity contribution in [3.8, 4) is 11.5 Å². The third kappa shape index (κ3) is 7.59. The van der Waals surface area contributed by atoms with Crippen molar-refractivity contribution in [2.45, 2.75) is 51.6 Å². The summed E-state index contributed by atoms with van der Waals surface area (Å²) in [5.74, 6) is 1.24. The Morgan fingerprint density at radius 2 is 1.68 bits per heavy atom. The van der Waals surface area contributed by atoms with Crippen LogP contribution in [0.4, 0.5) is 0 Å². The van der Waals surface area contributed by atoms with Crippen molar-refractivity contribution in [2.75, 3.05) is 13.3 Å². The van der Waals surface area contributed by atoms with Crippen molar-refractivity contribution in [3.05, 3.63) is 94.0 Å². The van der Waals surface area contributed by atoms with Gasteiger partial charge in [0.15, 0.2) is 11.5 Å². The number of nitrogens with one attached hydrogen (secondary N) is 1. The summed E-state index contributed by atoms with van der Waals surface area (Å²) >= 11 is 3.48. The lowest BCUT2D eigenvalue weighted by atomic mass is 10.0. The number of carbonyl (C=O) groups excluding carboxylic acids is 2. The van der Waals surface area contributed by atoms with E-state index in [-0.39, 0.29) is 25.0 Å². The Hall–Kier alpha value is -3.32. The van der Waals surface area contributed by atoms with E-state index in [9.17, 15) is 9.59 Å². The third-order valence-electron chi connectivity index (χ3n) is 6.43. The average Bonchev–Trinajstić information content (AvgIpc) is 3.39. The van der Waals surface area contributed by atoms with E-state index in [1.807, 2.05) is 72.8 Å². The average molecular weight is 566 g/mol. The molecule has 194 valence electrons. The molecule has 0 aliphatic carbocycles. The quantitative estimate of drug-likeness (QED) is 0.288. The Morgan fingerprint density at radius 1 is 0.946 bits per heavy atom. The molecule has 1 aliphatic heterocycles. The van der Waals surface area contributed by atoms with Crippen LogP contribution in [0.15, 0.2) is 77.3 Å². The number of fused-ring (bicyclic) bond motifs is 1. The van der Waals surface area contributed by atoms with E-state index in [4.69, 9.17) is 9.47 Å². The van der Waals surface area contributed by atoms with Crippen LogP contribution >= 0.6 is 15.9 Å². The van der Waals surface area contributed by atoms with Crippen LogP contribution in [0.25, 0.3) is 0 Å². The zero-order chi connectivity index (χ0) is 26.0. The summed E-state index contributed by atoms with van der Waals surface area (Å²) < 4.78 is 11.9. The highest BCUT2D eigenvalue weighted by molar-refractivity contribution is 9.10. The molecular weight excluding hydrogens is 532 g/mol. The van der Waals surface area contributed by atoms with Crippen LogP contribution in [-0.2, 0) is 29.0 Å². The molecule has 2 amide bonds. The van der Waals surface area contributed by atoms with Gasteiger partial charge in [0.25, 0.3) is 0 Å². The summed E-state index contributed by atoms with van der Waals surface area (Å²) in [5.41, 5.74) is 2.98. The number of unbranched alkanes of at least 4 members (excludes halogenated alkanes) is 1. The maximum absolute atomic E-state index is 13.8. The first-order valence-corrected chi connectivity index (χ1v) is 13.6. The summed E-state index contributed by atoms with van der Waals surface area (Å²) in [5, 5.41) is 3.07. The number of aryl methyl sites for hydroxylation is 1. The summed E-state index contributed by atoms with van der Waals surface area (Å²) in [7, 11) is 0. The number of halogens is 1. The molecule has 3 aromatic rings. The van der Waals surface area contributed by atoms with Gasteiger partial charge in [-0.2, -0.15) is 0 Å². The molecule has 0 saturated heterocycles. The van der Waals surface area contributed by atoms with Crippen LogP contribution in [0, 0.1) is 0 Å². The molecule has 0 saturated carbocycles. The standard InChI is InChI=1S/C30H33BrN2O4/c1-2-3-17-32-30(35)26(18-22-7-5-4-6-8-22)33(20-24-9-13-25(31)14-10-24)29(34)16-12-23-11-15-27-28(19-23)37-21-36-27/h4-11,13-15,19,26H,2-3,12,16-18,20-21H2,1H3,(H,32,35)/t26-/m0/s1. The monoisotopic (exact) mass is 564 g/mol. The van der Waals surface area contributed by atoms with Crippen molar-refractivity contribution in [2.24, 2.45) is 0 Å². The van der Waals surface area contributed by atoms with Gasteiger partial charge in [-0.05, 0) is 53.8 Å². The zero-order valence-corrected chi connectivity index (χ0v) is 22.7. The first-order valence-electron chi connectivity index (χ1n) is 12.8. The minimum absolute atomic E-state index is 0.0628. The Bertz CT molecular complexity index is 1180. The third-order valence-corrected chi connectivity index (χ3v) is 6.96. The van der Waals surface area contributed by atoms with Gasteiger partial charge in [0, 0.05) is 30.4 Å². The molecule has 1 aliphatic rings. The van der Waals surface area contributed by atoms with Gasteiger partial charge in [-0.3, -0.25) is 9.59 Å². The fraction of sp³-hybridized carbons (Fsp3) is 0.333. The Labute approximate surface area is 227 Å². The number of carbonyl (C=O) groups is 2. The van der Waals surface area contributed by atoms with Gasteiger partial charge in [-0.15, -0.1) is 0 Å². The molecule has 37 heavy (non-hydrogen) atoms. The number of amides is 2. The second kappa shape index (κ2) is 13.3. The number of ether oxygens (including phenoxy) is 2. The van der Waals surface area contributed by atoms with Gasteiger partial charge < -0.3 is 19.7 Å². The fourth-order valence-corrected chi connectivity index (χ4v) is 4.60. The second-order valence-electron chi connectivity index (χ2n) is 9.19. The highest BCUT2D eigenvalue weighted by Gasteiger charge is 2.30. The molecule has 3 aromatic carbocycles. The largest absolute Gasteiger partial charge is 0.454 e. The Balaban J connectivity index is 1.57.